The molecule has 0 bridgehead atoms. The predicted octanol–water partition coefficient (Wildman–Crippen LogP) is 3.48. The number of anilines is 1. The van der Waals surface area contributed by atoms with Gasteiger partial charge in [-0.1, -0.05) is 49.1 Å². The van der Waals surface area contributed by atoms with Gasteiger partial charge in [0.05, 0.1) is 6.54 Å². The van der Waals surface area contributed by atoms with E-state index < -0.39 is 0 Å². The largest absolute Gasteiger partial charge is 0.348 e. The van der Waals surface area contributed by atoms with Gasteiger partial charge in [-0.25, -0.2) is 0 Å². The van der Waals surface area contributed by atoms with Gasteiger partial charge in [-0.15, -0.1) is 0 Å². The molecule has 1 amide bonds. The van der Waals surface area contributed by atoms with Crippen molar-refractivity contribution in [3.8, 4) is 11.8 Å². The fourth-order valence-electron chi connectivity index (χ4n) is 2.61. The van der Waals surface area contributed by atoms with Gasteiger partial charge in [0.2, 0.25) is 6.41 Å². The second-order valence-electron chi connectivity index (χ2n) is 5.61. The van der Waals surface area contributed by atoms with Crippen LogP contribution in [0.2, 0.25) is 0 Å². The number of nitrogens with one attached hydrogen (secondary N) is 1. The zero-order chi connectivity index (χ0) is 18.8. The lowest BCUT2D eigenvalue weighted by atomic mass is 10.0. The van der Waals surface area contributed by atoms with Crippen LogP contribution >= 0.6 is 0 Å². The number of benzene rings is 2. The lowest BCUT2D eigenvalue weighted by Gasteiger charge is -2.22. The van der Waals surface area contributed by atoms with Gasteiger partial charge in [-0.3, -0.25) is 9.59 Å². The number of amides is 1. The third-order valence-corrected chi connectivity index (χ3v) is 4.01. The Kier molecular flexibility index (Phi) is 7.20. The van der Waals surface area contributed by atoms with Crippen molar-refractivity contribution in [3.63, 3.8) is 0 Å². The minimum atomic E-state index is 0.249. The summed E-state index contributed by atoms with van der Waals surface area (Å²) in [5.74, 6) is 5.78. The highest BCUT2D eigenvalue weighted by atomic mass is 16.1. The fourth-order valence-corrected chi connectivity index (χ4v) is 2.61. The van der Waals surface area contributed by atoms with Crippen molar-refractivity contribution >= 4 is 24.5 Å². The Bertz CT molecular complexity index is 845. The summed E-state index contributed by atoms with van der Waals surface area (Å²) in [6.07, 6.45) is 4.27. The maximum atomic E-state index is 11.7. The first-order valence-electron chi connectivity index (χ1n) is 8.44. The lowest BCUT2D eigenvalue weighted by Crippen LogP contribution is -2.15. The third-order valence-electron chi connectivity index (χ3n) is 4.01. The number of rotatable bonds is 7. The van der Waals surface area contributed by atoms with E-state index in [4.69, 9.17) is 0 Å². The standard InChI is InChI=1S/C22H22N2O2/c1-3-20(24(2)21-12-5-4-6-13-21)15-19-10-7-9-18(22(19)16-25)11-8-14-23-17-26/h4-7,9-10,12-13,15-17H,3,14H2,1-2H3,(H,23,26)/b20-15-. The summed E-state index contributed by atoms with van der Waals surface area (Å²) in [6, 6.07) is 15.7. The molecule has 0 saturated heterocycles. The molecule has 0 aliphatic carbocycles. The normalized spacial score (nSPS) is 10.5. The summed E-state index contributed by atoms with van der Waals surface area (Å²) >= 11 is 0. The summed E-state index contributed by atoms with van der Waals surface area (Å²) < 4.78 is 0. The Balaban J connectivity index is 2.39. The second-order valence-corrected chi connectivity index (χ2v) is 5.61. The van der Waals surface area contributed by atoms with Crippen molar-refractivity contribution in [2.45, 2.75) is 13.3 Å². The zero-order valence-corrected chi connectivity index (χ0v) is 15.0. The number of hydrogen-bond donors (Lipinski definition) is 1. The van der Waals surface area contributed by atoms with E-state index in [1.807, 2.05) is 61.7 Å². The highest BCUT2D eigenvalue weighted by Crippen LogP contribution is 2.23. The number of para-hydroxylation sites is 1. The molecule has 0 atom stereocenters. The second kappa shape index (κ2) is 9.85. The van der Waals surface area contributed by atoms with Crippen LogP contribution < -0.4 is 10.2 Å². The summed E-state index contributed by atoms with van der Waals surface area (Å²) in [5, 5.41) is 2.48. The van der Waals surface area contributed by atoms with Crippen LogP contribution in [-0.4, -0.2) is 26.3 Å². The molecule has 0 spiro atoms. The molecule has 26 heavy (non-hydrogen) atoms. The Morgan fingerprint density at radius 3 is 2.54 bits per heavy atom. The highest BCUT2D eigenvalue weighted by Gasteiger charge is 2.09. The number of hydrogen-bond acceptors (Lipinski definition) is 3. The Labute approximate surface area is 154 Å². The first-order valence-corrected chi connectivity index (χ1v) is 8.44. The Morgan fingerprint density at radius 2 is 1.88 bits per heavy atom. The van der Waals surface area contributed by atoms with E-state index in [1.165, 1.54) is 0 Å². The van der Waals surface area contributed by atoms with Gasteiger partial charge < -0.3 is 10.2 Å². The van der Waals surface area contributed by atoms with Crippen molar-refractivity contribution in [3.05, 3.63) is 70.9 Å². The van der Waals surface area contributed by atoms with Crippen LogP contribution in [0, 0.1) is 11.8 Å². The van der Waals surface area contributed by atoms with Crippen molar-refractivity contribution in [1.82, 2.24) is 5.32 Å². The average molecular weight is 346 g/mol. The first kappa shape index (κ1) is 19.0. The van der Waals surface area contributed by atoms with Crippen molar-refractivity contribution in [2.75, 3.05) is 18.5 Å². The molecule has 0 aliphatic heterocycles. The molecule has 132 valence electrons. The van der Waals surface area contributed by atoms with Crippen LogP contribution in [0.4, 0.5) is 5.69 Å². The van der Waals surface area contributed by atoms with Crippen LogP contribution in [-0.2, 0) is 4.79 Å². The van der Waals surface area contributed by atoms with E-state index >= 15 is 0 Å². The lowest BCUT2D eigenvalue weighted by molar-refractivity contribution is -0.109. The van der Waals surface area contributed by atoms with E-state index in [2.05, 4.69) is 29.0 Å². The van der Waals surface area contributed by atoms with E-state index in [0.717, 1.165) is 29.7 Å². The first-order chi connectivity index (χ1) is 12.7. The van der Waals surface area contributed by atoms with Gasteiger partial charge in [-0.2, -0.15) is 0 Å². The molecule has 0 unspecified atom stereocenters. The van der Waals surface area contributed by atoms with E-state index in [0.29, 0.717) is 17.5 Å². The summed E-state index contributed by atoms with van der Waals surface area (Å²) in [7, 11) is 2.01. The third kappa shape index (κ3) is 4.84. The number of carbonyl (C=O) groups is 2. The smallest absolute Gasteiger partial charge is 0.207 e. The number of allylic oxidation sites excluding steroid dienone is 1. The van der Waals surface area contributed by atoms with Crippen LogP contribution in [0.15, 0.2) is 54.2 Å². The molecule has 0 aromatic heterocycles. The number of aldehydes is 1. The van der Waals surface area contributed by atoms with Crippen LogP contribution in [0.1, 0.15) is 34.8 Å². The molecule has 4 nitrogen and oxygen atoms in total. The van der Waals surface area contributed by atoms with Gasteiger partial charge in [0.1, 0.15) is 0 Å². The quantitative estimate of drug-likeness (QED) is 0.474. The molecule has 4 heteroatoms. The van der Waals surface area contributed by atoms with Gasteiger partial charge in [0.25, 0.3) is 0 Å². The Morgan fingerprint density at radius 1 is 1.12 bits per heavy atom. The van der Waals surface area contributed by atoms with Crippen LogP contribution in [0.3, 0.4) is 0 Å². The van der Waals surface area contributed by atoms with Crippen molar-refractivity contribution in [2.24, 2.45) is 0 Å². The predicted molar refractivity (Wildman–Crippen MR) is 106 cm³/mol. The molecule has 2 aromatic rings. The van der Waals surface area contributed by atoms with E-state index in [-0.39, 0.29) is 6.54 Å². The molecule has 0 fully saturated rings. The number of nitrogens with zero attached hydrogens (tertiary/aromatic N) is 1. The van der Waals surface area contributed by atoms with E-state index in [9.17, 15) is 9.59 Å². The minimum Gasteiger partial charge on any atom is -0.348 e. The summed E-state index contributed by atoms with van der Waals surface area (Å²) in [6.45, 7) is 2.33. The molecule has 1 N–H and O–H groups in total. The van der Waals surface area contributed by atoms with Crippen LogP contribution in [0.25, 0.3) is 6.08 Å². The molecule has 0 heterocycles. The van der Waals surface area contributed by atoms with Gasteiger partial charge in [-0.05, 0) is 36.3 Å². The van der Waals surface area contributed by atoms with Gasteiger partial charge in [0.15, 0.2) is 6.29 Å². The monoisotopic (exact) mass is 346 g/mol. The highest BCUT2D eigenvalue weighted by molar-refractivity contribution is 5.86. The Hall–Kier alpha value is -3.32. The molecule has 0 radical (unpaired) electrons. The summed E-state index contributed by atoms with van der Waals surface area (Å²) in [4.78, 5) is 24.1. The minimum absolute atomic E-state index is 0.249. The maximum Gasteiger partial charge on any atom is 0.207 e. The topological polar surface area (TPSA) is 49.4 Å². The van der Waals surface area contributed by atoms with Crippen molar-refractivity contribution < 1.29 is 9.59 Å². The van der Waals surface area contributed by atoms with Gasteiger partial charge in [0, 0.05) is 29.6 Å². The molecule has 0 saturated carbocycles. The molecule has 2 rings (SSSR count). The van der Waals surface area contributed by atoms with Crippen LogP contribution in [0.5, 0.6) is 0 Å². The summed E-state index contributed by atoms with van der Waals surface area (Å²) in [5.41, 5.74) is 4.21. The molecular weight excluding hydrogens is 324 g/mol. The number of carbonyl (C=O) groups excluding carboxylic acids is 2. The fraction of sp³-hybridized carbons (Fsp3) is 0.182. The molecule has 2 aromatic carbocycles. The zero-order valence-electron chi connectivity index (χ0n) is 15.0. The molecule has 0 aliphatic rings. The maximum absolute atomic E-state index is 11.7. The van der Waals surface area contributed by atoms with E-state index in [1.54, 1.807) is 0 Å². The van der Waals surface area contributed by atoms with Gasteiger partial charge >= 0.3 is 0 Å². The van der Waals surface area contributed by atoms with Crippen molar-refractivity contribution in [1.29, 1.82) is 0 Å². The average Bonchev–Trinajstić information content (AvgIpc) is 2.69. The SMILES string of the molecule is CC/C(=C/c1cccc(C#CCNC=O)c1C=O)N(C)c1ccccc1. The molecular formula is C22H22N2O2.